The van der Waals surface area contributed by atoms with Gasteiger partial charge in [-0.1, -0.05) is 24.3 Å². The van der Waals surface area contributed by atoms with Crippen LogP contribution in [-0.4, -0.2) is 38.2 Å². The van der Waals surface area contributed by atoms with Gasteiger partial charge in [-0.05, 0) is 29.8 Å². The van der Waals surface area contributed by atoms with E-state index >= 15 is 0 Å². The topological polar surface area (TPSA) is 132 Å². The number of H-pyrrole nitrogens is 1. The number of amides is 1. The number of hydrogen-bond donors (Lipinski definition) is 3. The third-order valence-corrected chi connectivity index (χ3v) is 5.52. The second kappa shape index (κ2) is 9.18. The van der Waals surface area contributed by atoms with E-state index in [4.69, 9.17) is 10.5 Å². The predicted molar refractivity (Wildman–Crippen MR) is 129 cm³/mol. The Hall–Kier alpha value is -4.86. The van der Waals surface area contributed by atoms with Crippen molar-refractivity contribution in [2.45, 2.75) is 6.54 Å². The van der Waals surface area contributed by atoms with E-state index in [0.717, 1.165) is 17.2 Å². The van der Waals surface area contributed by atoms with Crippen LogP contribution in [0.5, 0.6) is 5.75 Å². The summed E-state index contributed by atoms with van der Waals surface area (Å²) < 4.78 is 18.7. The number of carbonyl (C=O) groups excluding carboxylic acids is 1. The summed E-state index contributed by atoms with van der Waals surface area (Å²) >= 11 is 0. The van der Waals surface area contributed by atoms with Crippen LogP contribution in [0.25, 0.3) is 33.5 Å². The van der Waals surface area contributed by atoms with Gasteiger partial charge in [-0.2, -0.15) is 5.10 Å². The molecule has 0 fully saturated rings. The van der Waals surface area contributed by atoms with Crippen LogP contribution in [0, 0.1) is 5.82 Å². The lowest BCUT2D eigenvalue weighted by atomic mass is 10.0. The number of pyridine rings is 1. The van der Waals surface area contributed by atoms with Gasteiger partial charge in [0.1, 0.15) is 11.6 Å². The number of benzene rings is 2. The summed E-state index contributed by atoms with van der Waals surface area (Å²) in [7, 11) is 1.43. The molecule has 5 rings (SSSR count). The maximum absolute atomic E-state index is 13.6. The number of rotatable bonds is 6. The molecule has 0 saturated heterocycles. The lowest BCUT2D eigenvalue weighted by molar-refractivity contribution is 0.0947. The number of nitrogen functional groups attached to an aromatic ring is 1. The smallest absolute Gasteiger partial charge is 0.255 e. The van der Waals surface area contributed by atoms with Crippen molar-refractivity contribution in [1.82, 2.24) is 30.5 Å². The Morgan fingerprint density at radius 1 is 1.11 bits per heavy atom. The average Bonchev–Trinajstić information content (AvgIpc) is 3.29. The standard InChI is InChI=1S/C25H20FN7O2/c1-35-19-8-7-16(26)11-17(19)25(34)31-12-14-3-5-15(6-4-14)21-20-22(32-33-23(20)27)18(13-30-21)24-28-9-2-10-29-24/h2-11,13H,12H2,1H3,(H,31,34)(H3,27,32,33). The Balaban J connectivity index is 1.39. The number of anilines is 1. The molecule has 9 nitrogen and oxygen atoms in total. The number of hydrogen-bond acceptors (Lipinski definition) is 7. The number of carbonyl (C=O) groups is 1. The molecule has 0 bridgehead atoms. The summed E-state index contributed by atoms with van der Waals surface area (Å²) in [5.41, 5.74) is 10.0. The molecule has 35 heavy (non-hydrogen) atoms. The highest BCUT2D eigenvalue weighted by molar-refractivity contribution is 6.05. The molecule has 2 aromatic carbocycles. The molecule has 0 aliphatic rings. The van der Waals surface area contributed by atoms with Gasteiger partial charge in [0, 0.05) is 30.7 Å². The Morgan fingerprint density at radius 3 is 2.63 bits per heavy atom. The minimum absolute atomic E-state index is 0.133. The van der Waals surface area contributed by atoms with Gasteiger partial charge in [0.15, 0.2) is 11.6 Å². The average molecular weight is 469 g/mol. The van der Waals surface area contributed by atoms with E-state index in [1.165, 1.54) is 19.2 Å². The highest BCUT2D eigenvalue weighted by atomic mass is 19.1. The third kappa shape index (κ3) is 4.24. The zero-order valence-corrected chi connectivity index (χ0v) is 18.6. The molecule has 5 aromatic rings. The second-order valence-electron chi connectivity index (χ2n) is 7.68. The zero-order chi connectivity index (χ0) is 24.4. The molecule has 0 aliphatic carbocycles. The van der Waals surface area contributed by atoms with Crippen molar-refractivity contribution in [3.8, 4) is 28.4 Å². The number of ether oxygens (including phenoxy) is 1. The van der Waals surface area contributed by atoms with Crippen LogP contribution in [0.2, 0.25) is 0 Å². The summed E-state index contributed by atoms with van der Waals surface area (Å²) in [6.45, 7) is 0.250. The van der Waals surface area contributed by atoms with Crippen LogP contribution in [0.15, 0.2) is 67.1 Å². The van der Waals surface area contributed by atoms with Crippen LogP contribution in [0.4, 0.5) is 10.2 Å². The number of methoxy groups -OCH3 is 1. The van der Waals surface area contributed by atoms with Crippen molar-refractivity contribution in [2.24, 2.45) is 0 Å². The van der Waals surface area contributed by atoms with Gasteiger partial charge in [-0.15, -0.1) is 0 Å². The summed E-state index contributed by atoms with van der Waals surface area (Å²) in [6.07, 6.45) is 5.00. The monoisotopic (exact) mass is 469 g/mol. The molecule has 0 spiro atoms. The maximum Gasteiger partial charge on any atom is 0.255 e. The maximum atomic E-state index is 13.6. The molecule has 4 N–H and O–H groups in total. The first-order valence-corrected chi connectivity index (χ1v) is 10.7. The van der Waals surface area contributed by atoms with Crippen LogP contribution in [0.3, 0.4) is 0 Å². The number of nitrogens with zero attached hydrogens (tertiary/aromatic N) is 4. The van der Waals surface area contributed by atoms with Crippen molar-refractivity contribution in [1.29, 1.82) is 0 Å². The molecular weight excluding hydrogens is 449 g/mol. The minimum atomic E-state index is -0.512. The fourth-order valence-corrected chi connectivity index (χ4v) is 3.79. The fraction of sp³-hybridized carbons (Fsp3) is 0.0800. The molecule has 174 valence electrons. The molecule has 3 aromatic heterocycles. The minimum Gasteiger partial charge on any atom is -0.496 e. The van der Waals surface area contributed by atoms with Crippen molar-refractivity contribution >= 4 is 22.6 Å². The summed E-state index contributed by atoms with van der Waals surface area (Å²) in [4.78, 5) is 25.7. The molecule has 0 saturated carbocycles. The van der Waals surface area contributed by atoms with Gasteiger partial charge in [0.05, 0.1) is 34.8 Å². The Bertz CT molecular complexity index is 1520. The molecular formula is C25H20FN7O2. The summed E-state index contributed by atoms with van der Waals surface area (Å²) in [5, 5.41) is 10.6. The van der Waals surface area contributed by atoms with Crippen LogP contribution in [-0.2, 0) is 6.54 Å². The molecule has 0 aliphatic heterocycles. The third-order valence-electron chi connectivity index (χ3n) is 5.52. The SMILES string of the molecule is COc1ccc(F)cc1C(=O)NCc1ccc(-c2ncc(-c3ncccn3)c3[nH]nc(N)c23)cc1. The molecule has 1 amide bonds. The van der Waals surface area contributed by atoms with E-state index in [9.17, 15) is 9.18 Å². The lowest BCUT2D eigenvalue weighted by Gasteiger charge is -2.10. The van der Waals surface area contributed by atoms with Crippen molar-refractivity contribution in [2.75, 3.05) is 12.8 Å². The fourth-order valence-electron chi connectivity index (χ4n) is 3.79. The number of nitrogens with two attached hydrogens (primary N) is 1. The highest BCUT2D eigenvalue weighted by Gasteiger charge is 2.18. The second-order valence-corrected chi connectivity index (χ2v) is 7.68. The largest absolute Gasteiger partial charge is 0.496 e. The van der Waals surface area contributed by atoms with Gasteiger partial charge in [-0.25, -0.2) is 14.4 Å². The van der Waals surface area contributed by atoms with Crippen molar-refractivity contribution < 1.29 is 13.9 Å². The number of fused-ring (bicyclic) bond motifs is 1. The predicted octanol–water partition coefficient (Wildman–Crippen LogP) is 3.74. The number of nitrogens with one attached hydrogen (secondary N) is 2. The molecule has 10 heteroatoms. The van der Waals surface area contributed by atoms with Gasteiger partial charge < -0.3 is 15.8 Å². The lowest BCUT2D eigenvalue weighted by Crippen LogP contribution is -2.23. The summed E-state index contributed by atoms with van der Waals surface area (Å²) in [6, 6.07) is 13.1. The van der Waals surface area contributed by atoms with Crippen molar-refractivity contribution in [3.63, 3.8) is 0 Å². The first kappa shape index (κ1) is 22.0. The Labute approximate surface area is 199 Å². The Kier molecular flexibility index (Phi) is 5.76. The quantitative estimate of drug-likeness (QED) is 0.345. The van der Waals surface area contributed by atoms with Gasteiger partial charge >= 0.3 is 0 Å². The molecule has 3 heterocycles. The van der Waals surface area contributed by atoms with E-state index in [1.807, 2.05) is 24.3 Å². The first-order chi connectivity index (χ1) is 17.0. The van der Waals surface area contributed by atoms with Crippen molar-refractivity contribution in [3.05, 3.63) is 84.1 Å². The van der Waals surface area contributed by atoms with Gasteiger partial charge in [0.2, 0.25) is 0 Å². The van der Waals surface area contributed by atoms with E-state index in [1.54, 1.807) is 24.7 Å². The van der Waals surface area contributed by atoms with Crippen LogP contribution < -0.4 is 15.8 Å². The van der Waals surface area contributed by atoms with E-state index in [-0.39, 0.29) is 12.1 Å². The van der Waals surface area contributed by atoms with Gasteiger partial charge in [0.25, 0.3) is 5.91 Å². The zero-order valence-electron chi connectivity index (χ0n) is 18.6. The van der Waals surface area contributed by atoms with Crippen LogP contribution in [0.1, 0.15) is 15.9 Å². The van der Waals surface area contributed by atoms with E-state index in [0.29, 0.717) is 39.6 Å². The van der Waals surface area contributed by atoms with E-state index in [2.05, 4.69) is 30.5 Å². The normalized spacial score (nSPS) is 10.9. The first-order valence-electron chi connectivity index (χ1n) is 10.7. The van der Waals surface area contributed by atoms with Gasteiger partial charge in [-0.3, -0.25) is 14.9 Å². The van der Waals surface area contributed by atoms with E-state index < -0.39 is 11.7 Å². The Morgan fingerprint density at radius 2 is 1.89 bits per heavy atom. The number of halogens is 1. The molecule has 0 atom stereocenters. The number of aromatic amines is 1. The highest BCUT2D eigenvalue weighted by Crippen LogP contribution is 2.34. The van der Waals surface area contributed by atoms with Crippen LogP contribution >= 0.6 is 0 Å². The summed E-state index contributed by atoms with van der Waals surface area (Å²) in [5.74, 6) is 0.194. The number of aromatic nitrogens is 5. The molecule has 0 radical (unpaired) electrons. The molecule has 0 unspecified atom stereocenters.